The van der Waals surface area contributed by atoms with Crippen molar-refractivity contribution < 1.29 is 4.79 Å². The Morgan fingerprint density at radius 3 is 3.00 bits per heavy atom. The van der Waals surface area contributed by atoms with Crippen molar-refractivity contribution in [1.82, 2.24) is 29.3 Å². The Balaban J connectivity index is 1.84. The number of aromatic amines is 1. The number of hydrogen-bond donors (Lipinski definition) is 3. The molecule has 3 aromatic heterocycles. The Kier molecular flexibility index (Phi) is 3.56. The number of aryl methyl sites for hydroxylation is 2. The van der Waals surface area contributed by atoms with Crippen molar-refractivity contribution in [3.63, 3.8) is 0 Å². The van der Waals surface area contributed by atoms with E-state index in [2.05, 4.69) is 25.4 Å². The zero-order valence-electron chi connectivity index (χ0n) is 12.7. The van der Waals surface area contributed by atoms with Crippen LogP contribution in [0.4, 0.5) is 11.8 Å². The second kappa shape index (κ2) is 5.55. The number of aromatic nitrogens is 6. The van der Waals surface area contributed by atoms with Gasteiger partial charge in [0.05, 0.1) is 12.0 Å². The first kappa shape index (κ1) is 14.8. The molecule has 120 valence electrons. The van der Waals surface area contributed by atoms with E-state index in [1.807, 2.05) is 13.8 Å². The molecule has 0 aliphatic rings. The van der Waals surface area contributed by atoms with Gasteiger partial charge in [-0.15, -0.1) is 0 Å². The lowest BCUT2D eigenvalue weighted by Gasteiger charge is -2.07. The molecule has 3 aromatic rings. The number of amides is 1. The lowest BCUT2D eigenvalue weighted by Crippen LogP contribution is -2.21. The van der Waals surface area contributed by atoms with Crippen molar-refractivity contribution >= 4 is 28.8 Å². The largest absolute Gasteiger partial charge is 0.369 e. The third kappa shape index (κ3) is 2.78. The van der Waals surface area contributed by atoms with Crippen molar-refractivity contribution in [3.05, 3.63) is 28.4 Å². The summed E-state index contributed by atoms with van der Waals surface area (Å²) in [6.45, 7) is 4.39. The maximum absolute atomic E-state index is 12.2. The summed E-state index contributed by atoms with van der Waals surface area (Å²) < 4.78 is 3.16. The number of rotatable bonds is 4. The Bertz CT molecular complexity index is 935. The quantitative estimate of drug-likeness (QED) is 0.613. The van der Waals surface area contributed by atoms with Gasteiger partial charge < -0.3 is 15.6 Å². The van der Waals surface area contributed by atoms with Gasteiger partial charge in [-0.3, -0.25) is 14.6 Å². The molecule has 0 aliphatic heterocycles. The van der Waals surface area contributed by atoms with Crippen LogP contribution in [0, 0.1) is 6.92 Å². The molecule has 10 heteroatoms. The molecule has 0 saturated carbocycles. The van der Waals surface area contributed by atoms with Gasteiger partial charge in [0.1, 0.15) is 12.4 Å². The highest BCUT2D eigenvalue weighted by Gasteiger charge is 2.13. The van der Waals surface area contributed by atoms with Gasteiger partial charge in [0.25, 0.3) is 5.56 Å². The Morgan fingerprint density at radius 2 is 2.26 bits per heavy atom. The Hall–Kier alpha value is -3.17. The predicted octanol–water partition coefficient (Wildman–Crippen LogP) is -0.135. The average Bonchev–Trinajstić information content (AvgIpc) is 3.03. The maximum Gasteiger partial charge on any atom is 0.280 e. The fraction of sp³-hybridized carbons (Fsp3) is 0.308. The van der Waals surface area contributed by atoms with Gasteiger partial charge in [-0.1, -0.05) is 0 Å². The van der Waals surface area contributed by atoms with Crippen molar-refractivity contribution in [1.29, 1.82) is 0 Å². The highest BCUT2D eigenvalue weighted by Crippen LogP contribution is 2.11. The lowest BCUT2D eigenvalue weighted by molar-refractivity contribution is -0.116. The number of nitrogens with two attached hydrogens (primary N) is 1. The van der Waals surface area contributed by atoms with Crippen LogP contribution in [-0.4, -0.2) is 35.2 Å². The van der Waals surface area contributed by atoms with Crippen molar-refractivity contribution in [2.75, 3.05) is 11.1 Å². The summed E-state index contributed by atoms with van der Waals surface area (Å²) in [6, 6.07) is 1.79. The summed E-state index contributed by atoms with van der Waals surface area (Å²) in [5.74, 6) is 0.314. The minimum Gasteiger partial charge on any atom is -0.369 e. The van der Waals surface area contributed by atoms with Crippen LogP contribution in [0.5, 0.6) is 0 Å². The third-order valence-corrected chi connectivity index (χ3v) is 3.28. The van der Waals surface area contributed by atoms with Crippen LogP contribution < -0.4 is 16.6 Å². The van der Waals surface area contributed by atoms with Gasteiger partial charge >= 0.3 is 0 Å². The number of nitrogens with zero attached hydrogens (tertiary/aromatic N) is 5. The summed E-state index contributed by atoms with van der Waals surface area (Å²) >= 11 is 0. The number of carbonyl (C=O) groups is 1. The van der Waals surface area contributed by atoms with E-state index in [1.54, 1.807) is 10.7 Å². The fourth-order valence-corrected chi connectivity index (χ4v) is 2.31. The molecule has 3 heterocycles. The van der Waals surface area contributed by atoms with Crippen LogP contribution in [0.15, 0.2) is 17.2 Å². The van der Waals surface area contributed by atoms with Crippen molar-refractivity contribution in [2.45, 2.75) is 26.9 Å². The molecule has 0 atom stereocenters. The predicted molar refractivity (Wildman–Crippen MR) is 83.8 cm³/mol. The van der Waals surface area contributed by atoms with E-state index < -0.39 is 5.56 Å². The minimum absolute atomic E-state index is 0.0238. The number of imidazole rings is 1. The highest BCUT2D eigenvalue weighted by molar-refractivity contribution is 5.90. The Labute approximate surface area is 130 Å². The molecule has 0 unspecified atom stereocenters. The molecule has 4 N–H and O–H groups in total. The van der Waals surface area contributed by atoms with Gasteiger partial charge in [-0.25, -0.2) is 9.67 Å². The van der Waals surface area contributed by atoms with E-state index in [4.69, 9.17) is 5.73 Å². The molecular formula is C13H16N8O2. The second-order valence-corrected chi connectivity index (χ2v) is 5.03. The highest BCUT2D eigenvalue weighted by atomic mass is 16.2. The van der Waals surface area contributed by atoms with Crippen LogP contribution in [0.25, 0.3) is 11.2 Å². The molecule has 0 aliphatic carbocycles. The van der Waals surface area contributed by atoms with Gasteiger partial charge in [0, 0.05) is 12.6 Å². The molecule has 0 spiro atoms. The van der Waals surface area contributed by atoms with Crippen molar-refractivity contribution in [3.8, 4) is 0 Å². The van der Waals surface area contributed by atoms with Crippen LogP contribution in [0.2, 0.25) is 0 Å². The van der Waals surface area contributed by atoms with Crippen LogP contribution in [0.3, 0.4) is 0 Å². The van der Waals surface area contributed by atoms with Crippen LogP contribution >= 0.6 is 0 Å². The van der Waals surface area contributed by atoms with E-state index in [-0.39, 0.29) is 29.6 Å². The summed E-state index contributed by atoms with van der Waals surface area (Å²) in [5, 5.41) is 7.04. The van der Waals surface area contributed by atoms with E-state index in [0.717, 1.165) is 5.69 Å². The number of fused-ring (bicyclic) bond motifs is 1. The van der Waals surface area contributed by atoms with Gasteiger partial charge in [-0.2, -0.15) is 10.1 Å². The first-order valence-corrected chi connectivity index (χ1v) is 7.03. The van der Waals surface area contributed by atoms with E-state index in [0.29, 0.717) is 12.4 Å². The van der Waals surface area contributed by atoms with E-state index in [9.17, 15) is 9.59 Å². The van der Waals surface area contributed by atoms with E-state index in [1.165, 1.54) is 10.9 Å². The van der Waals surface area contributed by atoms with Crippen molar-refractivity contribution in [2.24, 2.45) is 0 Å². The summed E-state index contributed by atoms with van der Waals surface area (Å²) in [6.07, 6.45) is 1.38. The number of nitrogen functional groups attached to an aromatic ring is 1. The fourth-order valence-electron chi connectivity index (χ4n) is 2.31. The van der Waals surface area contributed by atoms with Gasteiger partial charge in [0.15, 0.2) is 11.2 Å². The van der Waals surface area contributed by atoms with Crippen LogP contribution in [-0.2, 0) is 17.9 Å². The first-order chi connectivity index (χ1) is 11.0. The molecule has 3 rings (SSSR count). The zero-order chi connectivity index (χ0) is 16.6. The standard InChI is InChI=1S/C13H16N8O2/c1-3-21-8(4-7(2)19-21)16-9(22)5-20-6-15-10-11(20)17-13(14)18-12(10)23/h4,6H,3,5H2,1-2H3,(H,16,22)(H3,14,17,18,23). The van der Waals surface area contributed by atoms with Gasteiger partial charge in [0.2, 0.25) is 11.9 Å². The molecule has 0 fully saturated rings. The normalized spacial score (nSPS) is 11.0. The topological polar surface area (TPSA) is 137 Å². The number of hydrogen-bond acceptors (Lipinski definition) is 6. The molecule has 10 nitrogen and oxygen atoms in total. The summed E-state index contributed by atoms with van der Waals surface area (Å²) in [5.41, 5.74) is 6.31. The smallest absolute Gasteiger partial charge is 0.280 e. The molecule has 0 aromatic carbocycles. The van der Waals surface area contributed by atoms with Gasteiger partial charge in [-0.05, 0) is 13.8 Å². The summed E-state index contributed by atoms with van der Waals surface area (Å²) in [7, 11) is 0. The minimum atomic E-state index is -0.439. The Morgan fingerprint density at radius 1 is 1.48 bits per heavy atom. The second-order valence-electron chi connectivity index (χ2n) is 5.03. The molecule has 0 saturated heterocycles. The average molecular weight is 316 g/mol. The number of nitrogens with one attached hydrogen (secondary N) is 2. The first-order valence-electron chi connectivity index (χ1n) is 7.03. The molecule has 1 amide bonds. The monoisotopic (exact) mass is 316 g/mol. The molecular weight excluding hydrogens is 300 g/mol. The zero-order valence-corrected chi connectivity index (χ0v) is 12.7. The molecule has 0 radical (unpaired) electrons. The SMILES string of the molecule is CCn1nc(C)cc1NC(=O)Cn1cnc2c(=O)[nH]c(N)nc21. The van der Waals surface area contributed by atoms with E-state index >= 15 is 0 Å². The number of anilines is 2. The summed E-state index contributed by atoms with van der Waals surface area (Å²) in [4.78, 5) is 34.3. The maximum atomic E-state index is 12.2. The third-order valence-electron chi connectivity index (χ3n) is 3.28. The lowest BCUT2D eigenvalue weighted by atomic mass is 10.4. The number of H-pyrrole nitrogens is 1. The molecule has 0 bridgehead atoms. The molecule has 23 heavy (non-hydrogen) atoms. The number of carbonyl (C=O) groups excluding carboxylic acids is 1. The van der Waals surface area contributed by atoms with Crippen LogP contribution in [0.1, 0.15) is 12.6 Å².